The molecule has 9 aromatic carbocycles. The molecule has 2 nitrogen and oxygen atoms in total. The van der Waals surface area contributed by atoms with Gasteiger partial charge >= 0.3 is 0 Å². The summed E-state index contributed by atoms with van der Waals surface area (Å²) in [6.45, 7) is 7.08. The molecule has 1 unspecified atom stereocenters. The molecule has 59 heavy (non-hydrogen) atoms. The van der Waals surface area contributed by atoms with Crippen LogP contribution in [0.1, 0.15) is 52.8 Å². The predicted octanol–water partition coefficient (Wildman–Crippen LogP) is 14.7. The van der Waals surface area contributed by atoms with Crippen LogP contribution in [-0.4, -0.2) is 4.57 Å². The highest BCUT2D eigenvalue weighted by Crippen LogP contribution is 2.61. The Labute approximate surface area is 345 Å². The molecule has 0 saturated carbocycles. The van der Waals surface area contributed by atoms with Crippen molar-refractivity contribution in [3.8, 4) is 16.8 Å². The maximum Gasteiger partial charge on any atom is 0.0748 e. The first-order chi connectivity index (χ1) is 28.9. The Hall–Kier alpha value is -7.16. The molecule has 0 amide bonds. The summed E-state index contributed by atoms with van der Waals surface area (Å²) in [6.07, 6.45) is 0. The maximum atomic E-state index is 2.54. The molecule has 1 aliphatic heterocycles. The lowest BCUT2D eigenvalue weighted by molar-refractivity contribution is 0.556. The van der Waals surface area contributed by atoms with Crippen LogP contribution in [0.5, 0.6) is 0 Å². The Bertz CT molecular complexity index is 3330. The van der Waals surface area contributed by atoms with Gasteiger partial charge in [0.25, 0.3) is 0 Å². The van der Waals surface area contributed by atoms with E-state index in [1.54, 1.807) is 0 Å². The van der Waals surface area contributed by atoms with Gasteiger partial charge in [-0.05, 0) is 122 Å². The molecule has 280 valence electrons. The minimum absolute atomic E-state index is 0.210. The normalized spacial score (nSPS) is 15.9. The Morgan fingerprint density at radius 2 is 1.07 bits per heavy atom. The highest BCUT2D eigenvalue weighted by Gasteiger charge is 2.52. The summed E-state index contributed by atoms with van der Waals surface area (Å²) in [5, 5.41) is 5.06. The molecule has 1 aliphatic carbocycles. The van der Waals surface area contributed by atoms with E-state index in [1.807, 2.05) is 0 Å². The first-order valence-electron chi connectivity index (χ1n) is 20.8. The van der Waals surface area contributed by atoms with Gasteiger partial charge in [-0.1, -0.05) is 159 Å². The molecule has 10 aromatic rings. The van der Waals surface area contributed by atoms with E-state index in [0.29, 0.717) is 0 Å². The number of para-hydroxylation sites is 4. The third kappa shape index (κ3) is 4.63. The number of fused-ring (bicyclic) bond motifs is 12. The zero-order valence-corrected chi connectivity index (χ0v) is 33.4. The van der Waals surface area contributed by atoms with Gasteiger partial charge in [0.05, 0.1) is 22.1 Å². The number of hydrogen-bond donors (Lipinski definition) is 0. The number of aryl methyl sites for hydroxylation is 1. The summed E-state index contributed by atoms with van der Waals surface area (Å²) < 4.78 is 2.53. The molecule has 0 saturated heterocycles. The molecule has 0 N–H and O–H groups in total. The van der Waals surface area contributed by atoms with Crippen LogP contribution in [0.2, 0.25) is 0 Å². The minimum Gasteiger partial charge on any atom is -0.310 e. The van der Waals surface area contributed by atoms with Crippen LogP contribution < -0.4 is 4.90 Å². The number of nitrogens with zero attached hydrogens (tertiary/aromatic N) is 2. The monoisotopic (exact) mass is 754 g/mol. The van der Waals surface area contributed by atoms with E-state index in [9.17, 15) is 0 Å². The zero-order chi connectivity index (χ0) is 39.5. The summed E-state index contributed by atoms with van der Waals surface area (Å²) in [5.74, 6) is 0. The Morgan fingerprint density at radius 3 is 1.92 bits per heavy atom. The van der Waals surface area contributed by atoms with E-state index < -0.39 is 5.41 Å². The first-order valence-corrected chi connectivity index (χ1v) is 20.8. The summed E-state index contributed by atoms with van der Waals surface area (Å²) in [7, 11) is 0. The first kappa shape index (κ1) is 33.9. The van der Waals surface area contributed by atoms with Gasteiger partial charge in [-0.2, -0.15) is 0 Å². The molecule has 1 aromatic heterocycles. The molecular formula is C57H42N2. The predicted molar refractivity (Wildman–Crippen MR) is 247 cm³/mol. The fourth-order valence-electron chi connectivity index (χ4n) is 10.9. The van der Waals surface area contributed by atoms with E-state index in [2.05, 4.69) is 230 Å². The molecule has 0 radical (unpaired) electrons. The zero-order valence-electron chi connectivity index (χ0n) is 33.4. The van der Waals surface area contributed by atoms with Crippen LogP contribution in [0, 0.1) is 6.92 Å². The number of aromatic nitrogens is 1. The van der Waals surface area contributed by atoms with Crippen molar-refractivity contribution in [1.82, 2.24) is 4.57 Å². The second kappa shape index (κ2) is 12.4. The van der Waals surface area contributed by atoms with E-state index in [1.165, 1.54) is 94.0 Å². The number of hydrogen-bond acceptors (Lipinski definition) is 1. The van der Waals surface area contributed by atoms with Crippen molar-refractivity contribution in [2.45, 2.75) is 31.6 Å². The van der Waals surface area contributed by atoms with Crippen LogP contribution in [0.25, 0.3) is 49.4 Å². The minimum atomic E-state index is -0.535. The maximum absolute atomic E-state index is 2.54. The molecule has 2 heteroatoms. The van der Waals surface area contributed by atoms with Gasteiger partial charge in [-0.15, -0.1) is 0 Å². The molecule has 1 spiro atoms. The lowest BCUT2D eigenvalue weighted by atomic mass is 9.53. The van der Waals surface area contributed by atoms with Crippen LogP contribution in [-0.2, 0) is 10.8 Å². The number of benzene rings is 9. The number of rotatable bonds is 4. The summed E-state index contributed by atoms with van der Waals surface area (Å²) in [5.41, 5.74) is 18.3. The van der Waals surface area contributed by atoms with E-state index in [0.717, 1.165) is 11.4 Å². The van der Waals surface area contributed by atoms with Crippen molar-refractivity contribution in [1.29, 1.82) is 0 Å². The molecule has 2 aliphatic rings. The van der Waals surface area contributed by atoms with Crippen LogP contribution in [0.4, 0.5) is 17.1 Å². The van der Waals surface area contributed by atoms with Gasteiger partial charge in [0.15, 0.2) is 0 Å². The third-order valence-corrected chi connectivity index (χ3v) is 13.5. The molecular weight excluding hydrogens is 713 g/mol. The average molecular weight is 755 g/mol. The highest BCUT2D eigenvalue weighted by atomic mass is 15.1. The van der Waals surface area contributed by atoms with Crippen molar-refractivity contribution in [2.75, 3.05) is 4.90 Å². The molecule has 0 bridgehead atoms. The van der Waals surface area contributed by atoms with Crippen LogP contribution in [0.3, 0.4) is 0 Å². The second-order valence-electron chi connectivity index (χ2n) is 17.0. The molecule has 2 heterocycles. The van der Waals surface area contributed by atoms with Gasteiger partial charge in [0.2, 0.25) is 0 Å². The summed E-state index contributed by atoms with van der Waals surface area (Å²) in [4.78, 5) is 2.39. The van der Waals surface area contributed by atoms with E-state index >= 15 is 0 Å². The van der Waals surface area contributed by atoms with Gasteiger partial charge < -0.3 is 9.47 Å². The van der Waals surface area contributed by atoms with E-state index in [-0.39, 0.29) is 5.41 Å². The largest absolute Gasteiger partial charge is 0.310 e. The standard InChI is InChI=1S/C57H42N2/c1-37-34-40(30-33-52(37)58(42-18-5-4-6-19-42)43-31-28-38-16-7-8-17-39(38)35-43)41-29-32-47-51(36-41)57(48-23-11-10-22-46(48)56(47,2)3)49-24-12-14-27-54(49)59-53-26-13-9-20-44(53)45-21-15-25-50(57)55(45)59/h4-36H,1-3H3. The lowest BCUT2D eigenvalue weighted by Gasteiger charge is -2.50. The van der Waals surface area contributed by atoms with Crippen molar-refractivity contribution in [2.24, 2.45) is 0 Å². The Kier molecular flexibility index (Phi) is 7.14. The summed E-state index contributed by atoms with van der Waals surface area (Å²) >= 11 is 0. The molecule has 12 rings (SSSR count). The highest BCUT2D eigenvalue weighted by molar-refractivity contribution is 6.12. The Morgan fingerprint density at radius 1 is 0.424 bits per heavy atom. The van der Waals surface area contributed by atoms with Crippen LogP contribution in [0.15, 0.2) is 200 Å². The van der Waals surface area contributed by atoms with Gasteiger partial charge in [0.1, 0.15) is 0 Å². The van der Waals surface area contributed by atoms with Gasteiger partial charge in [-0.3, -0.25) is 0 Å². The molecule has 1 atom stereocenters. The van der Waals surface area contributed by atoms with Crippen molar-refractivity contribution < 1.29 is 0 Å². The smallest absolute Gasteiger partial charge is 0.0748 e. The number of anilines is 3. The fraction of sp³-hybridized carbons (Fsp3) is 0.0877. The topological polar surface area (TPSA) is 8.17 Å². The van der Waals surface area contributed by atoms with Gasteiger partial charge in [0, 0.05) is 33.2 Å². The third-order valence-electron chi connectivity index (χ3n) is 13.5. The van der Waals surface area contributed by atoms with E-state index in [4.69, 9.17) is 0 Å². The summed E-state index contributed by atoms with van der Waals surface area (Å²) in [6, 6.07) is 74.8. The van der Waals surface area contributed by atoms with Crippen molar-refractivity contribution in [3.05, 3.63) is 239 Å². The second-order valence-corrected chi connectivity index (χ2v) is 17.0. The van der Waals surface area contributed by atoms with Crippen LogP contribution >= 0.6 is 0 Å². The fourth-order valence-corrected chi connectivity index (χ4v) is 10.9. The van der Waals surface area contributed by atoms with Gasteiger partial charge in [-0.25, -0.2) is 0 Å². The van der Waals surface area contributed by atoms with Crippen molar-refractivity contribution >= 4 is 49.6 Å². The Balaban J connectivity index is 1.10. The average Bonchev–Trinajstić information content (AvgIpc) is 3.63. The van der Waals surface area contributed by atoms with Crippen molar-refractivity contribution in [3.63, 3.8) is 0 Å². The molecule has 0 fully saturated rings. The SMILES string of the molecule is Cc1cc(-c2ccc3c(c2)C2(c4ccccc4-n4c5ccccc5c5cccc2c54)c2ccccc2C3(C)C)ccc1N(c1ccccc1)c1ccc2ccccc2c1. The quantitative estimate of drug-likeness (QED) is 0.174. The lowest BCUT2D eigenvalue weighted by Crippen LogP contribution is -2.44.